The number of aliphatic hydroxyl groups excluding tert-OH is 4. The lowest BCUT2D eigenvalue weighted by Gasteiger charge is -2.19. The zero-order chi connectivity index (χ0) is 24.5. The van der Waals surface area contributed by atoms with Gasteiger partial charge in [0.05, 0.1) is 43.9 Å². The zero-order valence-electron chi connectivity index (χ0n) is 18.7. The Balaban J connectivity index is 1.43. The maximum atomic E-state index is 10.9. The van der Waals surface area contributed by atoms with Crippen molar-refractivity contribution in [2.24, 2.45) is 0 Å². The molecular weight excluding hydrogens is 474 g/mol. The third-order valence-corrected chi connectivity index (χ3v) is 6.61. The molecule has 12 heteroatoms. The first kappa shape index (κ1) is 23.6. The Bertz CT molecular complexity index is 1300. The molecule has 5 rings (SSSR count). The van der Waals surface area contributed by atoms with Crippen molar-refractivity contribution in [2.45, 2.75) is 49.8 Å². The van der Waals surface area contributed by atoms with Gasteiger partial charge in [0.2, 0.25) is 5.28 Å². The molecule has 11 nitrogen and oxygen atoms in total. The summed E-state index contributed by atoms with van der Waals surface area (Å²) in [5.41, 5.74) is 2.51. The van der Waals surface area contributed by atoms with Crippen LogP contribution in [0.2, 0.25) is 5.28 Å². The van der Waals surface area contributed by atoms with Crippen LogP contribution in [0.3, 0.4) is 0 Å². The van der Waals surface area contributed by atoms with Gasteiger partial charge in [-0.05, 0) is 30.0 Å². The molecule has 0 spiro atoms. The number of aliphatic hydroxyl groups is 4. The minimum Gasteiger partial charge on any atom is -0.394 e. The van der Waals surface area contributed by atoms with Gasteiger partial charge in [0.1, 0.15) is 12.2 Å². The summed E-state index contributed by atoms with van der Waals surface area (Å²) in [6.07, 6.45) is 3.45. The quantitative estimate of drug-likeness (QED) is 0.224. The topological polar surface area (TPSA) is 154 Å². The summed E-state index contributed by atoms with van der Waals surface area (Å²) in [6.45, 7) is -0.293. The van der Waals surface area contributed by atoms with E-state index < -0.39 is 24.3 Å². The predicted octanol–water partition coefficient (Wildman–Crippen LogP) is 1.09. The molecule has 5 atom stereocenters. The van der Waals surface area contributed by atoms with Gasteiger partial charge in [-0.2, -0.15) is 15.1 Å². The first-order chi connectivity index (χ1) is 17.0. The third kappa shape index (κ3) is 4.60. The number of rotatable bonds is 8. The van der Waals surface area contributed by atoms with E-state index in [1.165, 1.54) is 12.5 Å². The molecule has 0 radical (unpaired) electrons. The molecule has 1 fully saturated rings. The Kier molecular flexibility index (Phi) is 6.67. The maximum absolute atomic E-state index is 10.9. The fourth-order valence-electron chi connectivity index (χ4n) is 4.65. The van der Waals surface area contributed by atoms with Crippen molar-refractivity contribution in [3.05, 3.63) is 65.5 Å². The van der Waals surface area contributed by atoms with Crippen molar-refractivity contribution in [3.63, 3.8) is 0 Å². The van der Waals surface area contributed by atoms with Crippen LogP contribution in [-0.4, -0.2) is 74.6 Å². The number of aromatic nitrogens is 6. The van der Waals surface area contributed by atoms with E-state index in [0.717, 1.165) is 5.56 Å². The van der Waals surface area contributed by atoms with E-state index in [0.29, 0.717) is 35.4 Å². The first-order valence-corrected chi connectivity index (χ1v) is 11.7. The molecule has 1 saturated carbocycles. The molecule has 35 heavy (non-hydrogen) atoms. The number of anilines is 1. The molecule has 0 unspecified atom stereocenters. The Hall–Kier alpha value is -3.09. The fourth-order valence-corrected chi connectivity index (χ4v) is 4.82. The molecule has 0 bridgehead atoms. The largest absolute Gasteiger partial charge is 0.394 e. The summed E-state index contributed by atoms with van der Waals surface area (Å²) < 4.78 is 3.24. The standard InChI is InChI=1S/C23H26ClN7O4/c24-23-28-21(27-15(11-33)6-13-4-2-1-3-5-13)18-22(29-23)30(12-25-18)16-7-17(20(35)19(16)34)31-9-14(10-32)8-26-31/h1-5,8-9,12,15-17,19-20,32-35H,6-7,10-11H2,(H,27,28,29)/t15-,16+,17-,19-,20+/m0/s1. The monoisotopic (exact) mass is 499 g/mol. The highest BCUT2D eigenvalue weighted by Crippen LogP contribution is 2.40. The van der Waals surface area contributed by atoms with E-state index in [2.05, 4.69) is 25.4 Å². The van der Waals surface area contributed by atoms with Crippen LogP contribution < -0.4 is 5.32 Å². The molecular formula is C23H26ClN7O4. The average molecular weight is 500 g/mol. The average Bonchev–Trinajstić information content (AvgIpc) is 3.57. The molecule has 0 aliphatic heterocycles. The summed E-state index contributed by atoms with van der Waals surface area (Å²) in [5.74, 6) is 0.373. The normalized spacial score (nSPS) is 23.1. The van der Waals surface area contributed by atoms with Crippen molar-refractivity contribution < 1.29 is 20.4 Å². The van der Waals surface area contributed by atoms with E-state index in [-0.39, 0.29) is 24.5 Å². The fraction of sp³-hybridized carbons (Fsp3) is 0.391. The van der Waals surface area contributed by atoms with Crippen LogP contribution in [0.5, 0.6) is 0 Å². The molecule has 184 valence electrons. The van der Waals surface area contributed by atoms with Crippen molar-refractivity contribution in [1.29, 1.82) is 0 Å². The van der Waals surface area contributed by atoms with Crippen LogP contribution in [0.25, 0.3) is 11.2 Å². The number of nitrogens with one attached hydrogen (secondary N) is 1. The van der Waals surface area contributed by atoms with Crippen LogP contribution in [0.4, 0.5) is 5.82 Å². The number of fused-ring (bicyclic) bond motifs is 1. The van der Waals surface area contributed by atoms with Crippen molar-refractivity contribution in [3.8, 4) is 0 Å². The van der Waals surface area contributed by atoms with Gasteiger partial charge in [0, 0.05) is 11.8 Å². The molecule has 5 N–H and O–H groups in total. The molecule has 3 aromatic heterocycles. The lowest BCUT2D eigenvalue weighted by molar-refractivity contribution is 0.00720. The van der Waals surface area contributed by atoms with Gasteiger partial charge in [-0.25, -0.2) is 4.98 Å². The summed E-state index contributed by atoms with van der Waals surface area (Å²) in [6, 6.07) is 8.40. The predicted molar refractivity (Wildman–Crippen MR) is 128 cm³/mol. The van der Waals surface area contributed by atoms with E-state index in [1.54, 1.807) is 15.4 Å². The highest BCUT2D eigenvalue weighted by Gasteiger charge is 2.44. The second-order valence-corrected chi connectivity index (χ2v) is 9.06. The maximum Gasteiger partial charge on any atom is 0.226 e. The highest BCUT2D eigenvalue weighted by molar-refractivity contribution is 6.28. The molecule has 0 saturated heterocycles. The van der Waals surface area contributed by atoms with Gasteiger partial charge in [-0.15, -0.1) is 0 Å². The SMILES string of the molecule is OCc1cnn([C@H]2C[C@@H](n3cnc4c(N[C@H](CO)Cc5ccccc5)nc(Cl)nc43)[C@H](O)[C@@H]2O)c1. The van der Waals surface area contributed by atoms with Crippen molar-refractivity contribution in [2.75, 3.05) is 11.9 Å². The van der Waals surface area contributed by atoms with Crippen LogP contribution >= 0.6 is 11.6 Å². The number of nitrogens with zero attached hydrogens (tertiary/aromatic N) is 6. The molecule has 3 heterocycles. The molecule has 0 amide bonds. The van der Waals surface area contributed by atoms with E-state index in [4.69, 9.17) is 11.6 Å². The summed E-state index contributed by atoms with van der Waals surface area (Å²) >= 11 is 6.24. The highest BCUT2D eigenvalue weighted by atomic mass is 35.5. The lowest BCUT2D eigenvalue weighted by atomic mass is 10.1. The van der Waals surface area contributed by atoms with Crippen LogP contribution in [0, 0.1) is 0 Å². The second kappa shape index (κ2) is 9.88. The number of hydrogen-bond acceptors (Lipinski definition) is 9. The van der Waals surface area contributed by atoms with Gasteiger partial charge in [0.25, 0.3) is 0 Å². The van der Waals surface area contributed by atoms with Crippen LogP contribution in [0.15, 0.2) is 49.1 Å². The van der Waals surface area contributed by atoms with Gasteiger partial charge >= 0.3 is 0 Å². The third-order valence-electron chi connectivity index (χ3n) is 6.44. The lowest BCUT2D eigenvalue weighted by Crippen LogP contribution is -2.30. The van der Waals surface area contributed by atoms with Crippen LogP contribution in [-0.2, 0) is 13.0 Å². The molecule has 4 aromatic rings. The number of benzene rings is 1. The van der Waals surface area contributed by atoms with Gasteiger partial charge in [0.15, 0.2) is 17.0 Å². The minimum atomic E-state index is -1.10. The Labute approximate surface area is 205 Å². The van der Waals surface area contributed by atoms with E-state index in [1.807, 2.05) is 30.3 Å². The smallest absolute Gasteiger partial charge is 0.226 e. The van der Waals surface area contributed by atoms with Crippen LogP contribution in [0.1, 0.15) is 29.6 Å². The van der Waals surface area contributed by atoms with Crippen molar-refractivity contribution >= 4 is 28.6 Å². The minimum absolute atomic E-state index is 0.0117. The van der Waals surface area contributed by atoms with Gasteiger partial charge < -0.3 is 30.3 Å². The van der Waals surface area contributed by atoms with E-state index in [9.17, 15) is 20.4 Å². The Morgan fingerprint density at radius 2 is 1.83 bits per heavy atom. The number of imidazole rings is 1. The number of hydrogen-bond donors (Lipinski definition) is 5. The molecule has 1 aromatic carbocycles. The Morgan fingerprint density at radius 1 is 1.06 bits per heavy atom. The van der Waals surface area contributed by atoms with E-state index >= 15 is 0 Å². The van der Waals surface area contributed by atoms with Crippen molar-refractivity contribution in [1.82, 2.24) is 29.3 Å². The van der Waals surface area contributed by atoms with Gasteiger partial charge in [-0.3, -0.25) is 4.68 Å². The summed E-state index contributed by atoms with van der Waals surface area (Å²) in [7, 11) is 0. The molecule has 1 aliphatic carbocycles. The molecule has 1 aliphatic rings. The summed E-state index contributed by atoms with van der Waals surface area (Å²) in [4.78, 5) is 13.1. The van der Waals surface area contributed by atoms with Gasteiger partial charge in [-0.1, -0.05) is 30.3 Å². The summed E-state index contributed by atoms with van der Waals surface area (Å²) in [5, 5.41) is 48.3. The zero-order valence-corrected chi connectivity index (χ0v) is 19.4. The second-order valence-electron chi connectivity index (χ2n) is 8.72. The number of halogens is 1. The Morgan fingerprint density at radius 3 is 2.54 bits per heavy atom. The first-order valence-electron chi connectivity index (χ1n) is 11.3.